The Morgan fingerprint density at radius 2 is 1.67 bits per heavy atom. The summed E-state index contributed by atoms with van der Waals surface area (Å²) in [6.45, 7) is 3.93. The lowest BCUT2D eigenvalue weighted by molar-refractivity contribution is -0.142. The first-order chi connectivity index (χ1) is 19.1. The molecule has 1 aliphatic carbocycles. The summed E-state index contributed by atoms with van der Waals surface area (Å²) in [6.07, 6.45) is 6.25. The molecule has 2 saturated heterocycles. The Labute approximate surface area is 232 Å². The first-order valence-corrected chi connectivity index (χ1v) is 14.6. The molecule has 3 aromatic rings. The molecule has 204 valence electrons. The summed E-state index contributed by atoms with van der Waals surface area (Å²) in [6, 6.07) is 26.7. The molecule has 0 aromatic heterocycles. The van der Waals surface area contributed by atoms with Crippen LogP contribution in [0.2, 0.25) is 0 Å². The zero-order chi connectivity index (χ0) is 26.8. The largest absolute Gasteiger partial charge is 0.497 e. The van der Waals surface area contributed by atoms with Crippen LogP contribution < -0.4 is 9.64 Å². The smallest absolute Gasteiger partial charge is 0.320 e. The number of nitrogens with zero attached hydrogens (tertiary/aromatic N) is 2. The summed E-state index contributed by atoms with van der Waals surface area (Å²) in [5, 5.41) is 9.52. The zero-order valence-corrected chi connectivity index (χ0v) is 23.0. The molecule has 2 fully saturated rings. The van der Waals surface area contributed by atoms with Gasteiger partial charge in [-0.25, -0.2) is 0 Å². The highest BCUT2D eigenvalue weighted by Crippen LogP contribution is 2.47. The van der Waals surface area contributed by atoms with E-state index >= 15 is 0 Å². The van der Waals surface area contributed by atoms with E-state index in [-0.39, 0.29) is 6.04 Å². The Bertz CT molecular complexity index is 1270. The summed E-state index contributed by atoms with van der Waals surface area (Å²) in [5.74, 6) is 1.65. The van der Waals surface area contributed by atoms with E-state index in [1.165, 1.54) is 27.9 Å². The number of hydrogen-bond acceptors (Lipinski definition) is 4. The van der Waals surface area contributed by atoms with Crippen LogP contribution in [0.25, 0.3) is 0 Å². The van der Waals surface area contributed by atoms with Gasteiger partial charge in [0.1, 0.15) is 11.8 Å². The van der Waals surface area contributed by atoms with Crippen LogP contribution >= 0.6 is 0 Å². The van der Waals surface area contributed by atoms with Gasteiger partial charge >= 0.3 is 5.97 Å². The van der Waals surface area contributed by atoms with Gasteiger partial charge in [-0.15, -0.1) is 0 Å². The van der Waals surface area contributed by atoms with Gasteiger partial charge in [-0.1, -0.05) is 48.5 Å². The predicted molar refractivity (Wildman–Crippen MR) is 156 cm³/mol. The van der Waals surface area contributed by atoms with Gasteiger partial charge in [-0.3, -0.25) is 9.69 Å². The van der Waals surface area contributed by atoms with Crippen LogP contribution in [-0.4, -0.2) is 55.3 Å². The number of carboxylic acids is 1. The van der Waals surface area contributed by atoms with Crippen molar-refractivity contribution in [2.24, 2.45) is 5.92 Å². The molecule has 5 nitrogen and oxygen atoms in total. The molecule has 0 spiro atoms. The Kier molecular flexibility index (Phi) is 7.60. The molecule has 0 amide bonds. The van der Waals surface area contributed by atoms with E-state index in [2.05, 4.69) is 82.6 Å². The number of likely N-dealkylation sites (tertiary alicyclic amines) is 1. The third-order valence-corrected chi connectivity index (χ3v) is 9.41. The monoisotopic (exact) mass is 524 g/mol. The highest BCUT2D eigenvalue weighted by atomic mass is 16.5. The quantitative estimate of drug-likeness (QED) is 0.392. The number of aryl methyl sites for hydroxylation is 1. The topological polar surface area (TPSA) is 53.0 Å². The summed E-state index contributed by atoms with van der Waals surface area (Å²) in [7, 11) is 1.75. The van der Waals surface area contributed by atoms with E-state index in [1.807, 2.05) is 0 Å². The molecule has 39 heavy (non-hydrogen) atoms. The molecule has 2 heterocycles. The number of fused-ring (bicyclic) bond motifs is 1. The van der Waals surface area contributed by atoms with Crippen molar-refractivity contribution in [2.45, 2.75) is 56.4 Å². The molecule has 3 aliphatic rings. The predicted octanol–water partition coefficient (Wildman–Crippen LogP) is 6.32. The fraction of sp³-hybridized carbons (Fsp3) is 0.441. The number of carbonyl (C=O) groups is 1. The van der Waals surface area contributed by atoms with Crippen molar-refractivity contribution in [3.05, 3.63) is 95.1 Å². The van der Waals surface area contributed by atoms with Crippen LogP contribution in [0.3, 0.4) is 0 Å². The highest BCUT2D eigenvalue weighted by molar-refractivity contribution is 5.73. The summed E-state index contributed by atoms with van der Waals surface area (Å²) >= 11 is 0. The number of anilines is 1. The van der Waals surface area contributed by atoms with Crippen molar-refractivity contribution in [3.8, 4) is 5.75 Å². The fourth-order valence-corrected chi connectivity index (χ4v) is 7.32. The maximum Gasteiger partial charge on any atom is 0.320 e. The SMILES string of the molecule is COc1ccc2c(c1)CCC(c1ccccc1)C2c1ccc(N2CCC(CN3CCC[C@@H]3C(=O)O)CC2)cc1. The zero-order valence-electron chi connectivity index (χ0n) is 23.0. The van der Waals surface area contributed by atoms with Gasteiger partial charge in [-0.05, 0) is 103 Å². The van der Waals surface area contributed by atoms with Crippen LogP contribution in [0, 0.1) is 5.92 Å². The minimum atomic E-state index is -0.653. The molecule has 2 aliphatic heterocycles. The van der Waals surface area contributed by atoms with E-state index in [0.29, 0.717) is 17.8 Å². The molecule has 1 N–H and O–H groups in total. The molecule has 5 heteroatoms. The van der Waals surface area contributed by atoms with Gasteiger partial charge < -0.3 is 14.7 Å². The summed E-state index contributed by atoms with van der Waals surface area (Å²) in [5.41, 5.74) is 6.91. The molecule has 3 aromatic carbocycles. The number of aliphatic carboxylic acids is 1. The van der Waals surface area contributed by atoms with E-state index in [9.17, 15) is 9.90 Å². The van der Waals surface area contributed by atoms with Crippen LogP contribution in [-0.2, 0) is 11.2 Å². The second-order valence-electron chi connectivity index (χ2n) is 11.6. The number of ether oxygens (including phenoxy) is 1. The number of piperidine rings is 1. The second kappa shape index (κ2) is 11.4. The van der Waals surface area contributed by atoms with Gasteiger partial charge in [0.15, 0.2) is 0 Å². The normalized spacial score (nSPS) is 23.9. The molecule has 0 saturated carbocycles. The third kappa shape index (κ3) is 5.42. The Hall–Kier alpha value is -3.31. The van der Waals surface area contributed by atoms with E-state index in [4.69, 9.17) is 4.74 Å². The maximum atomic E-state index is 11.6. The average molecular weight is 525 g/mol. The lowest BCUT2D eigenvalue weighted by Gasteiger charge is -2.37. The molecular formula is C34H40N2O3. The molecular weight excluding hydrogens is 484 g/mol. The van der Waals surface area contributed by atoms with Gasteiger partial charge in [0.05, 0.1) is 7.11 Å². The van der Waals surface area contributed by atoms with Crippen molar-refractivity contribution in [1.29, 1.82) is 0 Å². The van der Waals surface area contributed by atoms with E-state index in [1.54, 1.807) is 7.11 Å². The fourth-order valence-electron chi connectivity index (χ4n) is 7.32. The van der Waals surface area contributed by atoms with Gasteiger partial charge in [-0.2, -0.15) is 0 Å². The average Bonchev–Trinajstić information content (AvgIpc) is 3.46. The number of hydrogen-bond donors (Lipinski definition) is 1. The Morgan fingerprint density at radius 1 is 0.897 bits per heavy atom. The Morgan fingerprint density at radius 3 is 2.38 bits per heavy atom. The minimum Gasteiger partial charge on any atom is -0.497 e. The first-order valence-electron chi connectivity index (χ1n) is 14.6. The second-order valence-corrected chi connectivity index (χ2v) is 11.6. The standard InChI is InChI=1S/C34H40N2O3/c1-39-29-14-16-31-27(22-29)11-15-30(25-6-3-2-4-7-25)33(31)26-9-12-28(13-10-26)35-20-17-24(18-21-35)23-36-19-5-8-32(36)34(37)38/h2-4,6-7,9-10,12-14,16,22,24,30,32-33H,5,8,11,15,17-21,23H2,1H3,(H,37,38)/t30?,32-,33?/m1/s1. The molecule has 0 radical (unpaired) electrons. The molecule has 3 atom stereocenters. The maximum absolute atomic E-state index is 11.6. The van der Waals surface area contributed by atoms with Crippen LogP contribution in [0.5, 0.6) is 5.75 Å². The van der Waals surface area contributed by atoms with Crippen LogP contribution in [0.4, 0.5) is 5.69 Å². The number of carboxylic acid groups (broad SMARTS) is 1. The van der Waals surface area contributed by atoms with Crippen molar-refractivity contribution >= 4 is 11.7 Å². The minimum absolute atomic E-state index is 0.277. The van der Waals surface area contributed by atoms with E-state index < -0.39 is 5.97 Å². The molecule has 6 rings (SSSR count). The summed E-state index contributed by atoms with van der Waals surface area (Å²) < 4.78 is 5.54. The third-order valence-electron chi connectivity index (χ3n) is 9.41. The molecule has 2 unspecified atom stereocenters. The number of methoxy groups -OCH3 is 1. The van der Waals surface area contributed by atoms with Crippen molar-refractivity contribution < 1.29 is 14.6 Å². The van der Waals surface area contributed by atoms with Gasteiger partial charge in [0, 0.05) is 31.2 Å². The van der Waals surface area contributed by atoms with Crippen LogP contribution in [0.15, 0.2) is 72.8 Å². The number of benzene rings is 3. The first kappa shape index (κ1) is 25.9. The summed E-state index contributed by atoms with van der Waals surface area (Å²) in [4.78, 5) is 16.3. The lowest BCUT2D eigenvalue weighted by Crippen LogP contribution is -2.42. The van der Waals surface area contributed by atoms with Crippen molar-refractivity contribution in [1.82, 2.24) is 4.90 Å². The Balaban J connectivity index is 1.17. The lowest BCUT2D eigenvalue weighted by atomic mass is 9.69. The molecule has 0 bridgehead atoms. The van der Waals surface area contributed by atoms with Crippen molar-refractivity contribution in [2.75, 3.05) is 38.2 Å². The van der Waals surface area contributed by atoms with Crippen molar-refractivity contribution in [3.63, 3.8) is 0 Å². The highest BCUT2D eigenvalue weighted by Gasteiger charge is 2.34. The van der Waals surface area contributed by atoms with Gasteiger partial charge in [0.25, 0.3) is 0 Å². The number of rotatable bonds is 7. The van der Waals surface area contributed by atoms with E-state index in [0.717, 1.165) is 70.5 Å². The van der Waals surface area contributed by atoms with Gasteiger partial charge in [0.2, 0.25) is 0 Å². The van der Waals surface area contributed by atoms with Crippen LogP contribution in [0.1, 0.15) is 66.2 Å².